The van der Waals surface area contributed by atoms with Crippen LogP contribution in [-0.2, 0) is 11.3 Å². The lowest BCUT2D eigenvalue weighted by molar-refractivity contribution is -0.131. The number of rotatable bonds is 5. The van der Waals surface area contributed by atoms with Crippen LogP contribution in [0.4, 0.5) is 0 Å². The lowest BCUT2D eigenvalue weighted by Crippen LogP contribution is -2.34. The van der Waals surface area contributed by atoms with Crippen molar-refractivity contribution in [2.75, 3.05) is 13.1 Å². The molecule has 1 aromatic rings. The van der Waals surface area contributed by atoms with Crippen LogP contribution in [0.3, 0.4) is 0 Å². The predicted octanol–water partition coefficient (Wildman–Crippen LogP) is 0.771. The molecule has 0 aliphatic carbocycles. The van der Waals surface area contributed by atoms with E-state index in [1.165, 1.54) is 0 Å². The summed E-state index contributed by atoms with van der Waals surface area (Å²) in [5.74, 6) is 0.102. The van der Waals surface area contributed by atoms with Crippen LogP contribution in [0.2, 0.25) is 0 Å². The van der Waals surface area contributed by atoms with Crippen molar-refractivity contribution in [1.82, 2.24) is 14.5 Å². The first kappa shape index (κ1) is 12.7. The molecular weight excluding hydrogens is 204 g/mol. The second-order valence-electron chi connectivity index (χ2n) is 3.80. The molecule has 2 N–H and O–H groups in total. The molecule has 5 heteroatoms. The van der Waals surface area contributed by atoms with Crippen molar-refractivity contribution in [3.63, 3.8) is 0 Å². The van der Waals surface area contributed by atoms with Crippen LogP contribution < -0.4 is 5.73 Å². The topological polar surface area (TPSA) is 64.2 Å². The molecule has 1 heterocycles. The molecular formula is C11H20N4O. The molecule has 1 atom stereocenters. The number of likely N-dealkylation sites (N-methyl/N-ethyl adjacent to an activating group) is 1. The molecule has 0 saturated heterocycles. The third-order valence-electron chi connectivity index (χ3n) is 2.63. The van der Waals surface area contributed by atoms with Crippen molar-refractivity contribution in [2.24, 2.45) is 5.73 Å². The monoisotopic (exact) mass is 224 g/mol. The van der Waals surface area contributed by atoms with E-state index in [9.17, 15) is 4.79 Å². The van der Waals surface area contributed by atoms with Gasteiger partial charge in [-0.3, -0.25) is 4.79 Å². The molecule has 0 unspecified atom stereocenters. The number of imidazole rings is 1. The summed E-state index contributed by atoms with van der Waals surface area (Å²) in [6.45, 7) is 7.62. The van der Waals surface area contributed by atoms with Gasteiger partial charge in [-0.2, -0.15) is 0 Å². The zero-order valence-electron chi connectivity index (χ0n) is 10.2. The highest BCUT2D eigenvalue weighted by atomic mass is 16.2. The van der Waals surface area contributed by atoms with Gasteiger partial charge in [-0.15, -0.1) is 0 Å². The van der Waals surface area contributed by atoms with Gasteiger partial charge < -0.3 is 15.2 Å². The average Bonchev–Trinajstić information content (AvgIpc) is 2.67. The Hall–Kier alpha value is -1.36. The summed E-state index contributed by atoms with van der Waals surface area (Å²) in [6.07, 6.45) is 3.36. The number of hydrogen-bond donors (Lipinski definition) is 1. The molecule has 0 aliphatic rings. The summed E-state index contributed by atoms with van der Waals surface area (Å²) >= 11 is 0. The van der Waals surface area contributed by atoms with E-state index in [2.05, 4.69) is 4.98 Å². The highest BCUT2D eigenvalue weighted by Gasteiger charge is 2.13. The van der Waals surface area contributed by atoms with Crippen LogP contribution >= 0.6 is 0 Å². The van der Waals surface area contributed by atoms with E-state index in [4.69, 9.17) is 5.73 Å². The van der Waals surface area contributed by atoms with E-state index in [0.29, 0.717) is 6.54 Å². The number of amides is 1. The van der Waals surface area contributed by atoms with Crippen LogP contribution in [0, 0.1) is 0 Å². The van der Waals surface area contributed by atoms with Crippen molar-refractivity contribution >= 4 is 5.91 Å². The highest BCUT2D eigenvalue weighted by molar-refractivity contribution is 5.76. The third-order valence-corrected chi connectivity index (χ3v) is 2.63. The fourth-order valence-electron chi connectivity index (χ4n) is 1.66. The van der Waals surface area contributed by atoms with Gasteiger partial charge in [0.25, 0.3) is 0 Å². The quantitative estimate of drug-likeness (QED) is 0.803. The second-order valence-corrected chi connectivity index (χ2v) is 3.80. The largest absolute Gasteiger partial charge is 0.342 e. The molecule has 0 saturated carbocycles. The van der Waals surface area contributed by atoms with E-state index < -0.39 is 0 Å². The zero-order valence-corrected chi connectivity index (χ0v) is 10.2. The predicted molar refractivity (Wildman–Crippen MR) is 62.8 cm³/mol. The normalized spacial score (nSPS) is 12.5. The second kappa shape index (κ2) is 5.65. The molecule has 0 radical (unpaired) electrons. The molecule has 1 aromatic heterocycles. The first-order chi connectivity index (χ1) is 7.60. The van der Waals surface area contributed by atoms with E-state index >= 15 is 0 Å². The Morgan fingerprint density at radius 2 is 2.19 bits per heavy atom. The molecule has 0 spiro atoms. The van der Waals surface area contributed by atoms with Gasteiger partial charge in [0.15, 0.2) is 0 Å². The van der Waals surface area contributed by atoms with E-state index in [1.807, 2.05) is 25.3 Å². The fourth-order valence-corrected chi connectivity index (χ4v) is 1.66. The molecule has 0 fully saturated rings. The van der Waals surface area contributed by atoms with E-state index in [0.717, 1.165) is 18.8 Å². The number of hydrogen-bond acceptors (Lipinski definition) is 3. The lowest BCUT2D eigenvalue weighted by atomic mass is 10.2. The Kier molecular flexibility index (Phi) is 4.49. The van der Waals surface area contributed by atoms with Gasteiger partial charge in [0.05, 0.1) is 12.0 Å². The Bertz CT molecular complexity index is 342. The Balaban J connectivity index is 2.72. The number of carbonyl (C=O) groups excluding carboxylic acids is 1. The molecule has 1 rings (SSSR count). The van der Waals surface area contributed by atoms with Crippen LogP contribution in [0.25, 0.3) is 0 Å². The fraction of sp³-hybridized carbons (Fsp3) is 0.636. The van der Waals surface area contributed by atoms with E-state index in [-0.39, 0.29) is 11.9 Å². The van der Waals surface area contributed by atoms with Crippen molar-refractivity contribution in [1.29, 1.82) is 0 Å². The maximum atomic E-state index is 11.9. The van der Waals surface area contributed by atoms with Gasteiger partial charge in [-0.1, -0.05) is 0 Å². The van der Waals surface area contributed by atoms with Crippen molar-refractivity contribution in [3.05, 3.63) is 18.2 Å². The first-order valence-electron chi connectivity index (χ1n) is 5.63. The minimum Gasteiger partial charge on any atom is -0.342 e. The molecule has 16 heavy (non-hydrogen) atoms. The molecule has 0 aliphatic heterocycles. The van der Waals surface area contributed by atoms with Crippen molar-refractivity contribution in [2.45, 2.75) is 33.4 Å². The van der Waals surface area contributed by atoms with Crippen molar-refractivity contribution < 1.29 is 4.79 Å². The maximum Gasteiger partial charge on any atom is 0.242 e. The standard InChI is InChI=1S/C11H20N4O/c1-4-14(5-2)11(16)7-15-8-13-6-10(15)9(3)12/h6,8-9H,4-5,7,12H2,1-3H3/t9-/m0/s1. The van der Waals surface area contributed by atoms with Crippen molar-refractivity contribution in [3.8, 4) is 0 Å². The van der Waals surface area contributed by atoms with Crippen LogP contribution in [0.5, 0.6) is 0 Å². The zero-order chi connectivity index (χ0) is 12.1. The van der Waals surface area contributed by atoms with Gasteiger partial charge in [0.1, 0.15) is 6.54 Å². The Morgan fingerprint density at radius 1 is 1.56 bits per heavy atom. The molecule has 0 bridgehead atoms. The summed E-state index contributed by atoms with van der Waals surface area (Å²) in [5.41, 5.74) is 6.68. The van der Waals surface area contributed by atoms with Crippen LogP contribution in [0.15, 0.2) is 12.5 Å². The molecule has 0 aromatic carbocycles. The summed E-state index contributed by atoms with van der Waals surface area (Å²) in [4.78, 5) is 17.7. The molecule has 90 valence electrons. The van der Waals surface area contributed by atoms with Gasteiger partial charge in [-0.05, 0) is 20.8 Å². The maximum absolute atomic E-state index is 11.9. The summed E-state index contributed by atoms with van der Waals surface area (Å²) < 4.78 is 1.81. The van der Waals surface area contributed by atoms with Gasteiger partial charge >= 0.3 is 0 Å². The van der Waals surface area contributed by atoms with Gasteiger partial charge in [0.2, 0.25) is 5.91 Å². The van der Waals surface area contributed by atoms with Gasteiger partial charge in [0, 0.05) is 25.3 Å². The average molecular weight is 224 g/mol. The smallest absolute Gasteiger partial charge is 0.242 e. The SMILES string of the molecule is CCN(CC)C(=O)Cn1cncc1[C@H](C)N. The Labute approximate surface area is 96.3 Å². The minimum atomic E-state index is -0.105. The number of carbonyl (C=O) groups is 1. The van der Waals surface area contributed by atoms with E-state index in [1.54, 1.807) is 17.4 Å². The lowest BCUT2D eigenvalue weighted by Gasteiger charge is -2.20. The summed E-state index contributed by atoms with van der Waals surface area (Å²) in [5, 5.41) is 0. The first-order valence-corrected chi connectivity index (χ1v) is 5.63. The van der Waals surface area contributed by atoms with Gasteiger partial charge in [-0.25, -0.2) is 4.98 Å². The number of aromatic nitrogens is 2. The van der Waals surface area contributed by atoms with Crippen LogP contribution in [-0.4, -0.2) is 33.4 Å². The minimum absolute atomic E-state index is 0.102. The highest BCUT2D eigenvalue weighted by Crippen LogP contribution is 2.08. The summed E-state index contributed by atoms with van der Waals surface area (Å²) in [6, 6.07) is -0.105. The molecule has 5 nitrogen and oxygen atoms in total. The van der Waals surface area contributed by atoms with Crippen LogP contribution in [0.1, 0.15) is 32.5 Å². The Morgan fingerprint density at radius 3 is 2.69 bits per heavy atom. The number of nitrogens with zero attached hydrogens (tertiary/aromatic N) is 3. The number of nitrogens with two attached hydrogens (primary N) is 1. The third kappa shape index (κ3) is 2.82. The summed E-state index contributed by atoms with van der Waals surface area (Å²) in [7, 11) is 0. The molecule has 1 amide bonds.